The molecule has 0 unspecified atom stereocenters. The van der Waals surface area contributed by atoms with E-state index < -0.39 is 0 Å². The Bertz CT molecular complexity index is 479. The Morgan fingerprint density at radius 3 is 2.62 bits per heavy atom. The highest BCUT2D eigenvalue weighted by molar-refractivity contribution is 5.72. The van der Waals surface area contributed by atoms with Crippen LogP contribution in [-0.4, -0.2) is 32.6 Å². The summed E-state index contributed by atoms with van der Waals surface area (Å²) in [4.78, 5) is 13.4. The molecule has 116 valence electrons. The van der Waals surface area contributed by atoms with E-state index in [1.165, 1.54) is 16.8 Å². The molecule has 0 bridgehead atoms. The van der Waals surface area contributed by atoms with Crippen molar-refractivity contribution >= 4 is 11.6 Å². The van der Waals surface area contributed by atoms with Crippen LogP contribution >= 0.6 is 0 Å². The van der Waals surface area contributed by atoms with E-state index in [4.69, 9.17) is 0 Å². The summed E-state index contributed by atoms with van der Waals surface area (Å²) >= 11 is 0. The summed E-state index contributed by atoms with van der Waals surface area (Å²) in [5, 5.41) is 6.14. The molecule has 1 saturated heterocycles. The minimum Gasteiger partial charge on any atom is -0.372 e. The van der Waals surface area contributed by atoms with Crippen LogP contribution in [-0.2, 0) is 11.3 Å². The number of nitrogens with one attached hydrogen (secondary N) is 2. The van der Waals surface area contributed by atoms with Gasteiger partial charge in [0, 0.05) is 38.8 Å². The third-order valence-corrected chi connectivity index (χ3v) is 4.31. The first-order valence-electron chi connectivity index (χ1n) is 7.83. The number of aryl methyl sites for hydroxylation is 1. The lowest BCUT2D eigenvalue weighted by atomic mass is 9.96. The second-order valence-electron chi connectivity index (χ2n) is 6.01. The molecule has 1 amide bonds. The molecule has 21 heavy (non-hydrogen) atoms. The van der Waals surface area contributed by atoms with Gasteiger partial charge in [-0.1, -0.05) is 6.07 Å². The van der Waals surface area contributed by atoms with Crippen molar-refractivity contribution in [2.75, 3.05) is 31.6 Å². The van der Waals surface area contributed by atoms with Crippen LogP contribution in [0, 0.1) is 12.8 Å². The number of hydrogen-bond donors (Lipinski definition) is 2. The predicted octanol–water partition coefficient (Wildman–Crippen LogP) is 2.07. The Kier molecular flexibility index (Phi) is 5.62. The number of nitrogens with zero attached hydrogens (tertiary/aromatic N) is 1. The zero-order valence-electron chi connectivity index (χ0n) is 13.4. The van der Waals surface area contributed by atoms with E-state index in [-0.39, 0.29) is 5.91 Å². The van der Waals surface area contributed by atoms with Crippen molar-refractivity contribution in [1.82, 2.24) is 10.6 Å². The quantitative estimate of drug-likeness (QED) is 0.872. The number of anilines is 1. The van der Waals surface area contributed by atoms with E-state index in [2.05, 4.69) is 40.7 Å². The fourth-order valence-electron chi connectivity index (χ4n) is 2.95. The Labute approximate surface area is 127 Å². The van der Waals surface area contributed by atoms with Crippen LogP contribution in [0.5, 0.6) is 0 Å². The molecule has 0 atom stereocenters. The number of amides is 1. The summed E-state index contributed by atoms with van der Waals surface area (Å²) in [5.74, 6) is 0.697. The summed E-state index contributed by atoms with van der Waals surface area (Å²) in [5.41, 5.74) is 4.04. The zero-order chi connectivity index (χ0) is 15.2. The van der Waals surface area contributed by atoms with E-state index in [0.29, 0.717) is 5.92 Å². The van der Waals surface area contributed by atoms with Gasteiger partial charge in [-0.15, -0.1) is 0 Å². The van der Waals surface area contributed by atoms with Gasteiger partial charge in [0.15, 0.2) is 0 Å². The molecule has 1 heterocycles. The number of carbonyl (C=O) groups excluding carboxylic acids is 1. The second-order valence-corrected chi connectivity index (χ2v) is 6.01. The van der Waals surface area contributed by atoms with Crippen molar-refractivity contribution in [2.45, 2.75) is 33.2 Å². The third kappa shape index (κ3) is 4.46. The molecule has 1 aromatic carbocycles. The van der Waals surface area contributed by atoms with Gasteiger partial charge in [0.1, 0.15) is 0 Å². The molecule has 0 aliphatic carbocycles. The van der Waals surface area contributed by atoms with Gasteiger partial charge in [0.25, 0.3) is 0 Å². The van der Waals surface area contributed by atoms with Gasteiger partial charge in [-0.05, 0) is 56.0 Å². The van der Waals surface area contributed by atoms with Crippen molar-refractivity contribution in [1.29, 1.82) is 0 Å². The molecule has 0 aromatic heterocycles. The van der Waals surface area contributed by atoms with Crippen molar-refractivity contribution in [2.24, 2.45) is 5.92 Å². The molecule has 0 radical (unpaired) electrons. The Morgan fingerprint density at radius 2 is 2.05 bits per heavy atom. The molecule has 1 aliphatic heterocycles. The van der Waals surface area contributed by atoms with Crippen LogP contribution in [0.15, 0.2) is 18.2 Å². The Hall–Kier alpha value is -1.55. The number of piperidine rings is 1. The van der Waals surface area contributed by atoms with Gasteiger partial charge in [-0.25, -0.2) is 0 Å². The van der Waals surface area contributed by atoms with Crippen molar-refractivity contribution < 1.29 is 4.79 Å². The van der Waals surface area contributed by atoms with Crippen LogP contribution < -0.4 is 15.5 Å². The van der Waals surface area contributed by atoms with Crippen molar-refractivity contribution in [3.8, 4) is 0 Å². The Balaban J connectivity index is 1.90. The van der Waals surface area contributed by atoms with E-state index >= 15 is 0 Å². The highest BCUT2D eigenvalue weighted by atomic mass is 16.1. The van der Waals surface area contributed by atoms with Crippen LogP contribution in [0.1, 0.15) is 30.9 Å². The summed E-state index contributed by atoms with van der Waals surface area (Å²) in [6, 6.07) is 6.75. The second kappa shape index (κ2) is 7.46. The zero-order valence-corrected chi connectivity index (χ0v) is 13.4. The number of rotatable bonds is 5. The highest BCUT2D eigenvalue weighted by Gasteiger charge is 2.19. The molecule has 2 rings (SSSR count). The first-order chi connectivity index (χ1) is 10.1. The average molecular weight is 289 g/mol. The molecular weight excluding hydrogens is 262 g/mol. The Morgan fingerprint density at radius 1 is 1.33 bits per heavy atom. The molecule has 1 fully saturated rings. The van der Waals surface area contributed by atoms with Crippen molar-refractivity contribution in [3.05, 3.63) is 29.3 Å². The fourth-order valence-corrected chi connectivity index (χ4v) is 2.95. The maximum Gasteiger partial charge on any atom is 0.216 e. The normalized spacial score (nSPS) is 16.0. The minimum atomic E-state index is 0.0770. The number of hydrogen-bond acceptors (Lipinski definition) is 3. The predicted molar refractivity (Wildman–Crippen MR) is 87.6 cm³/mol. The maximum absolute atomic E-state index is 11.0. The van der Waals surface area contributed by atoms with E-state index in [9.17, 15) is 4.79 Å². The highest BCUT2D eigenvalue weighted by Crippen LogP contribution is 2.25. The van der Waals surface area contributed by atoms with Gasteiger partial charge in [-0.3, -0.25) is 4.79 Å². The summed E-state index contributed by atoms with van der Waals surface area (Å²) < 4.78 is 0. The standard InChI is InChI=1S/C17H27N3O/c1-13-10-17(5-4-16(13)12-18-3)20-8-6-15(7-9-20)11-19-14(2)21/h4-5,10,15,18H,6-9,11-12H2,1-3H3,(H,19,21). The smallest absolute Gasteiger partial charge is 0.216 e. The number of benzene rings is 1. The van der Waals surface area contributed by atoms with Crippen LogP contribution in [0.4, 0.5) is 5.69 Å². The van der Waals surface area contributed by atoms with E-state index in [1.807, 2.05) is 7.05 Å². The largest absolute Gasteiger partial charge is 0.372 e. The van der Waals surface area contributed by atoms with Crippen molar-refractivity contribution in [3.63, 3.8) is 0 Å². The van der Waals surface area contributed by atoms with Gasteiger partial charge in [0.05, 0.1) is 0 Å². The van der Waals surface area contributed by atoms with E-state index in [1.54, 1.807) is 6.92 Å². The molecule has 4 heteroatoms. The van der Waals surface area contributed by atoms with Gasteiger partial charge < -0.3 is 15.5 Å². The van der Waals surface area contributed by atoms with Crippen LogP contribution in [0.25, 0.3) is 0 Å². The molecule has 1 aliphatic rings. The fraction of sp³-hybridized carbons (Fsp3) is 0.588. The summed E-state index contributed by atoms with van der Waals surface area (Å²) in [6.45, 7) is 7.67. The molecule has 1 aromatic rings. The molecular formula is C17H27N3O. The lowest BCUT2D eigenvalue weighted by Gasteiger charge is -2.34. The lowest BCUT2D eigenvalue weighted by Crippen LogP contribution is -2.38. The maximum atomic E-state index is 11.0. The van der Waals surface area contributed by atoms with Gasteiger partial charge in [0.2, 0.25) is 5.91 Å². The lowest BCUT2D eigenvalue weighted by molar-refractivity contribution is -0.119. The van der Waals surface area contributed by atoms with E-state index in [0.717, 1.165) is 39.0 Å². The first kappa shape index (κ1) is 15.8. The van der Waals surface area contributed by atoms with Gasteiger partial charge >= 0.3 is 0 Å². The monoisotopic (exact) mass is 289 g/mol. The SMILES string of the molecule is CNCc1ccc(N2CCC(CNC(C)=O)CC2)cc1C. The topological polar surface area (TPSA) is 44.4 Å². The molecule has 0 spiro atoms. The van der Waals surface area contributed by atoms with Crippen LogP contribution in [0.2, 0.25) is 0 Å². The summed E-state index contributed by atoms with van der Waals surface area (Å²) in [7, 11) is 1.98. The minimum absolute atomic E-state index is 0.0770. The average Bonchev–Trinajstić information content (AvgIpc) is 2.48. The number of carbonyl (C=O) groups is 1. The third-order valence-electron chi connectivity index (χ3n) is 4.31. The van der Waals surface area contributed by atoms with Gasteiger partial charge in [-0.2, -0.15) is 0 Å². The molecule has 2 N–H and O–H groups in total. The molecule has 0 saturated carbocycles. The molecule has 4 nitrogen and oxygen atoms in total. The first-order valence-corrected chi connectivity index (χ1v) is 7.83. The van der Waals surface area contributed by atoms with Crippen LogP contribution in [0.3, 0.4) is 0 Å². The summed E-state index contributed by atoms with van der Waals surface area (Å²) in [6.07, 6.45) is 2.30.